The third-order valence-electron chi connectivity index (χ3n) is 3.76. The summed E-state index contributed by atoms with van der Waals surface area (Å²) in [6.45, 7) is 1.46. The van der Waals surface area contributed by atoms with Gasteiger partial charge in [-0.3, -0.25) is 5.32 Å². The van der Waals surface area contributed by atoms with Crippen molar-refractivity contribution in [3.8, 4) is 0 Å². The Hall–Kier alpha value is -1.43. The minimum absolute atomic E-state index is 0.0690. The van der Waals surface area contributed by atoms with Gasteiger partial charge in [-0.05, 0) is 25.5 Å². The number of carboxylic acids is 1. The van der Waals surface area contributed by atoms with E-state index in [0.29, 0.717) is 18.8 Å². The molecule has 5 nitrogen and oxygen atoms in total. The van der Waals surface area contributed by atoms with Crippen LogP contribution in [0, 0.1) is 0 Å². The fraction of sp³-hybridized carbons (Fsp3) is 0.533. The number of carbonyl (C=O) groups is 1. The number of rotatable bonds is 6. The highest BCUT2D eigenvalue weighted by Gasteiger charge is 2.40. The van der Waals surface area contributed by atoms with Gasteiger partial charge in [0, 0.05) is 13.2 Å². The molecule has 1 saturated heterocycles. The van der Waals surface area contributed by atoms with Crippen LogP contribution < -0.4 is 5.32 Å². The molecule has 1 aromatic carbocycles. The summed E-state index contributed by atoms with van der Waals surface area (Å²) >= 11 is 0. The molecule has 2 rings (SSSR count). The normalized spacial score (nSPS) is 19.4. The lowest BCUT2D eigenvalue weighted by Crippen LogP contribution is -2.52. The van der Waals surface area contributed by atoms with Crippen LogP contribution in [0.15, 0.2) is 30.3 Å². The summed E-state index contributed by atoms with van der Waals surface area (Å²) < 4.78 is 11.1. The minimum Gasteiger partial charge on any atom is -0.480 e. The molecule has 110 valence electrons. The molecular formula is C15H21NO4. The quantitative estimate of drug-likeness (QED) is 0.823. The third-order valence-corrected chi connectivity index (χ3v) is 3.76. The van der Waals surface area contributed by atoms with Gasteiger partial charge < -0.3 is 14.6 Å². The molecule has 0 bridgehead atoms. The maximum absolute atomic E-state index is 11.8. The molecule has 0 spiro atoms. The van der Waals surface area contributed by atoms with Crippen LogP contribution >= 0.6 is 0 Å². The van der Waals surface area contributed by atoms with Gasteiger partial charge >= 0.3 is 5.97 Å². The molecule has 1 aromatic rings. The molecule has 1 atom stereocenters. The summed E-state index contributed by atoms with van der Waals surface area (Å²) in [6, 6.07) is 9.14. The summed E-state index contributed by atoms with van der Waals surface area (Å²) in [4.78, 5) is 11.8. The monoisotopic (exact) mass is 279 g/mol. The highest BCUT2D eigenvalue weighted by atomic mass is 16.5. The number of ether oxygens (including phenoxy) is 2. The van der Waals surface area contributed by atoms with E-state index in [1.807, 2.05) is 18.2 Å². The third kappa shape index (κ3) is 3.17. The van der Waals surface area contributed by atoms with E-state index in [2.05, 4.69) is 5.32 Å². The number of likely N-dealkylation sites (N-methyl/N-ethyl adjacent to an activating group) is 1. The molecule has 1 unspecified atom stereocenters. The van der Waals surface area contributed by atoms with Crippen molar-refractivity contribution in [1.29, 1.82) is 0 Å². The molecule has 0 saturated carbocycles. The molecule has 1 heterocycles. The van der Waals surface area contributed by atoms with Crippen LogP contribution in [-0.2, 0) is 19.8 Å². The first-order valence-electron chi connectivity index (χ1n) is 6.86. The molecule has 20 heavy (non-hydrogen) atoms. The SMILES string of the molecule is CNC(COC1CCOCC1)(C(=O)O)c1ccccc1. The van der Waals surface area contributed by atoms with E-state index in [0.717, 1.165) is 12.8 Å². The lowest BCUT2D eigenvalue weighted by atomic mass is 9.91. The predicted octanol–water partition coefficient (Wildman–Crippen LogP) is 1.38. The Balaban J connectivity index is 2.12. The first-order chi connectivity index (χ1) is 9.69. The molecule has 1 aliphatic heterocycles. The van der Waals surface area contributed by atoms with E-state index in [9.17, 15) is 9.90 Å². The van der Waals surface area contributed by atoms with Crippen molar-refractivity contribution >= 4 is 5.97 Å². The van der Waals surface area contributed by atoms with Gasteiger partial charge in [-0.25, -0.2) is 4.79 Å². The minimum atomic E-state index is -1.21. The number of hydrogen-bond donors (Lipinski definition) is 2. The van der Waals surface area contributed by atoms with Crippen LogP contribution in [0.1, 0.15) is 18.4 Å². The molecule has 1 aliphatic rings. The Labute approximate surface area is 118 Å². The fourth-order valence-electron chi connectivity index (χ4n) is 2.40. The maximum atomic E-state index is 11.8. The first kappa shape index (κ1) is 15.0. The molecule has 0 aliphatic carbocycles. The average Bonchev–Trinajstić information content (AvgIpc) is 2.50. The number of nitrogens with one attached hydrogen (secondary N) is 1. The molecular weight excluding hydrogens is 258 g/mol. The number of hydrogen-bond acceptors (Lipinski definition) is 4. The summed E-state index contributed by atoms with van der Waals surface area (Å²) in [5.41, 5.74) is -0.512. The van der Waals surface area contributed by atoms with Gasteiger partial charge in [0.15, 0.2) is 5.54 Å². The summed E-state index contributed by atoms with van der Waals surface area (Å²) in [7, 11) is 1.65. The van der Waals surface area contributed by atoms with Crippen molar-refractivity contribution in [2.45, 2.75) is 24.5 Å². The van der Waals surface area contributed by atoms with Gasteiger partial charge in [-0.15, -0.1) is 0 Å². The zero-order chi connectivity index (χ0) is 14.4. The second-order valence-corrected chi connectivity index (χ2v) is 4.95. The molecule has 2 N–H and O–H groups in total. The van der Waals surface area contributed by atoms with Gasteiger partial charge in [-0.2, -0.15) is 0 Å². The van der Waals surface area contributed by atoms with Crippen LogP contribution in [0.2, 0.25) is 0 Å². The Bertz CT molecular complexity index is 431. The largest absolute Gasteiger partial charge is 0.480 e. The second-order valence-electron chi connectivity index (χ2n) is 4.95. The van der Waals surface area contributed by atoms with E-state index in [-0.39, 0.29) is 12.7 Å². The molecule has 0 amide bonds. The van der Waals surface area contributed by atoms with Gasteiger partial charge in [0.25, 0.3) is 0 Å². The van der Waals surface area contributed by atoms with Gasteiger partial charge in [0.2, 0.25) is 0 Å². The second kappa shape index (κ2) is 6.83. The number of benzene rings is 1. The Kier molecular flexibility index (Phi) is 5.11. The average molecular weight is 279 g/mol. The number of aliphatic carboxylic acids is 1. The van der Waals surface area contributed by atoms with Gasteiger partial charge in [0.1, 0.15) is 0 Å². The van der Waals surface area contributed by atoms with Crippen molar-refractivity contribution in [1.82, 2.24) is 5.32 Å². The predicted molar refractivity (Wildman–Crippen MR) is 74.6 cm³/mol. The van der Waals surface area contributed by atoms with Gasteiger partial charge in [-0.1, -0.05) is 30.3 Å². The van der Waals surface area contributed by atoms with Crippen LogP contribution in [0.4, 0.5) is 0 Å². The van der Waals surface area contributed by atoms with E-state index in [1.165, 1.54) is 0 Å². The van der Waals surface area contributed by atoms with Crippen molar-refractivity contribution in [3.63, 3.8) is 0 Å². The topological polar surface area (TPSA) is 67.8 Å². The maximum Gasteiger partial charge on any atom is 0.330 e. The lowest BCUT2D eigenvalue weighted by molar-refractivity contribution is -0.150. The fourth-order valence-corrected chi connectivity index (χ4v) is 2.40. The Morgan fingerprint density at radius 2 is 2.05 bits per heavy atom. The smallest absolute Gasteiger partial charge is 0.330 e. The Morgan fingerprint density at radius 1 is 1.40 bits per heavy atom. The summed E-state index contributed by atoms with van der Waals surface area (Å²) in [6.07, 6.45) is 1.70. The Morgan fingerprint density at radius 3 is 2.60 bits per heavy atom. The molecule has 0 radical (unpaired) electrons. The van der Waals surface area contributed by atoms with E-state index >= 15 is 0 Å². The number of carboxylic acid groups (broad SMARTS) is 1. The molecule has 1 fully saturated rings. The van der Waals surface area contributed by atoms with Crippen molar-refractivity contribution in [2.75, 3.05) is 26.9 Å². The van der Waals surface area contributed by atoms with Crippen LogP contribution in [0.25, 0.3) is 0 Å². The summed E-state index contributed by atoms with van der Waals surface area (Å²) in [5, 5.41) is 12.6. The molecule has 0 aromatic heterocycles. The van der Waals surface area contributed by atoms with Crippen molar-refractivity contribution in [3.05, 3.63) is 35.9 Å². The van der Waals surface area contributed by atoms with Gasteiger partial charge in [0.05, 0.1) is 12.7 Å². The zero-order valence-electron chi connectivity index (χ0n) is 11.7. The standard InChI is InChI=1S/C15H21NO4/c1-16-15(14(17)18,12-5-3-2-4-6-12)11-20-13-7-9-19-10-8-13/h2-6,13,16H,7-11H2,1H3,(H,17,18). The van der Waals surface area contributed by atoms with Crippen molar-refractivity contribution < 1.29 is 19.4 Å². The van der Waals surface area contributed by atoms with Crippen LogP contribution in [-0.4, -0.2) is 44.0 Å². The first-order valence-corrected chi connectivity index (χ1v) is 6.86. The highest BCUT2D eigenvalue weighted by molar-refractivity contribution is 5.81. The van der Waals surface area contributed by atoms with Crippen molar-refractivity contribution in [2.24, 2.45) is 0 Å². The summed E-state index contributed by atoms with van der Waals surface area (Å²) in [5.74, 6) is -0.932. The lowest BCUT2D eigenvalue weighted by Gasteiger charge is -2.32. The van der Waals surface area contributed by atoms with E-state index in [4.69, 9.17) is 9.47 Å². The van der Waals surface area contributed by atoms with E-state index in [1.54, 1.807) is 19.2 Å². The van der Waals surface area contributed by atoms with E-state index < -0.39 is 11.5 Å². The molecule has 5 heteroatoms. The zero-order valence-corrected chi connectivity index (χ0v) is 11.7. The van der Waals surface area contributed by atoms with Crippen LogP contribution in [0.5, 0.6) is 0 Å². The highest BCUT2D eigenvalue weighted by Crippen LogP contribution is 2.24. The van der Waals surface area contributed by atoms with Crippen LogP contribution in [0.3, 0.4) is 0 Å².